The summed E-state index contributed by atoms with van der Waals surface area (Å²) < 4.78 is 33.9. The van der Waals surface area contributed by atoms with Crippen LogP contribution in [0, 0.1) is 6.92 Å². The predicted molar refractivity (Wildman–Crippen MR) is 112 cm³/mol. The number of hydrogen-bond donors (Lipinski definition) is 1. The van der Waals surface area contributed by atoms with Crippen LogP contribution in [0.4, 0.5) is 14.5 Å². The summed E-state index contributed by atoms with van der Waals surface area (Å²) in [6.45, 7) is 1.86. The molecule has 1 saturated carbocycles. The van der Waals surface area contributed by atoms with Crippen molar-refractivity contribution in [1.29, 1.82) is 0 Å². The Bertz CT molecular complexity index is 1310. The van der Waals surface area contributed by atoms with Crippen LogP contribution in [0.5, 0.6) is 0 Å². The smallest absolute Gasteiger partial charge is 0.274 e. The lowest BCUT2D eigenvalue weighted by molar-refractivity contribution is -0.0925. The van der Waals surface area contributed by atoms with Crippen molar-refractivity contribution >= 4 is 33.2 Å². The quantitative estimate of drug-likeness (QED) is 0.426. The molecule has 0 radical (unpaired) electrons. The van der Waals surface area contributed by atoms with Crippen molar-refractivity contribution in [2.24, 2.45) is 0 Å². The number of fused-ring (bicyclic) bond motifs is 1. The van der Waals surface area contributed by atoms with Gasteiger partial charge in [-0.2, -0.15) is 4.98 Å². The number of nitrogens with zero attached hydrogens (tertiary/aromatic N) is 4. The molecule has 1 amide bonds. The van der Waals surface area contributed by atoms with E-state index in [4.69, 9.17) is 4.52 Å². The highest BCUT2D eigenvalue weighted by molar-refractivity contribution is 9.10. The van der Waals surface area contributed by atoms with Crippen molar-refractivity contribution in [1.82, 2.24) is 19.5 Å². The Balaban J connectivity index is 1.39. The fourth-order valence-electron chi connectivity index (χ4n) is 3.56. The summed E-state index contributed by atoms with van der Waals surface area (Å²) in [5, 5.41) is 6.82. The minimum absolute atomic E-state index is 0.211. The molecule has 5 rings (SSSR count). The number of benzene rings is 1. The van der Waals surface area contributed by atoms with Gasteiger partial charge in [-0.15, -0.1) is 0 Å². The Morgan fingerprint density at radius 3 is 2.87 bits per heavy atom. The third kappa shape index (κ3) is 3.71. The van der Waals surface area contributed by atoms with E-state index in [-0.39, 0.29) is 24.6 Å². The highest BCUT2D eigenvalue weighted by Gasteiger charge is 2.48. The van der Waals surface area contributed by atoms with Crippen LogP contribution in [0.15, 0.2) is 51.7 Å². The third-order valence-corrected chi connectivity index (χ3v) is 5.80. The molecule has 0 bridgehead atoms. The molecule has 0 aliphatic heterocycles. The molecule has 1 aromatic carbocycles. The maximum atomic E-state index is 13.1. The number of nitrogens with one attached hydrogen (secondary N) is 1. The van der Waals surface area contributed by atoms with Crippen LogP contribution in [0.1, 0.15) is 40.7 Å². The zero-order chi connectivity index (χ0) is 21.8. The van der Waals surface area contributed by atoms with Crippen molar-refractivity contribution < 1.29 is 18.1 Å². The standard InChI is InChI=1S/C21H16BrF2N5O2/c1-11-2-3-12(18-27-20(31-28-18)13-7-21(23,24)8-13)6-15(11)26-19(30)16-9-25-17-5-4-14(22)10-29(16)17/h2-6,9-10,13H,7-8H2,1H3,(H,26,30). The lowest BCUT2D eigenvalue weighted by Crippen LogP contribution is -2.33. The van der Waals surface area contributed by atoms with Gasteiger partial charge in [0.1, 0.15) is 11.3 Å². The number of anilines is 1. The van der Waals surface area contributed by atoms with E-state index in [0.29, 0.717) is 28.4 Å². The molecular formula is C21H16BrF2N5O2. The van der Waals surface area contributed by atoms with E-state index in [2.05, 4.69) is 36.4 Å². The molecule has 1 aliphatic carbocycles. The Kier molecular flexibility index (Phi) is 4.62. The molecule has 158 valence electrons. The molecule has 3 heterocycles. The molecule has 0 saturated heterocycles. The SMILES string of the molecule is Cc1ccc(-c2noc(C3CC(F)(F)C3)n2)cc1NC(=O)c1cnc2ccc(Br)cn12. The van der Waals surface area contributed by atoms with E-state index in [1.807, 2.05) is 19.1 Å². The van der Waals surface area contributed by atoms with Crippen molar-refractivity contribution in [3.63, 3.8) is 0 Å². The Morgan fingerprint density at radius 1 is 1.29 bits per heavy atom. The highest BCUT2D eigenvalue weighted by atomic mass is 79.9. The van der Waals surface area contributed by atoms with Gasteiger partial charge in [0.05, 0.1) is 6.20 Å². The van der Waals surface area contributed by atoms with Gasteiger partial charge in [0, 0.05) is 40.7 Å². The van der Waals surface area contributed by atoms with E-state index in [1.165, 1.54) is 6.20 Å². The average molecular weight is 488 g/mol. The van der Waals surface area contributed by atoms with Gasteiger partial charge in [-0.3, -0.25) is 9.20 Å². The minimum atomic E-state index is -2.66. The lowest BCUT2D eigenvalue weighted by atomic mass is 9.81. The molecule has 3 aromatic heterocycles. The molecule has 1 aliphatic rings. The summed E-state index contributed by atoms with van der Waals surface area (Å²) in [5.41, 5.74) is 3.07. The van der Waals surface area contributed by atoms with E-state index >= 15 is 0 Å². The second kappa shape index (κ2) is 7.23. The number of carbonyl (C=O) groups excluding carboxylic acids is 1. The molecule has 1 N–H and O–H groups in total. The normalized spacial score (nSPS) is 15.7. The van der Waals surface area contributed by atoms with Gasteiger partial charge in [0.25, 0.3) is 5.91 Å². The largest absolute Gasteiger partial charge is 0.339 e. The van der Waals surface area contributed by atoms with Gasteiger partial charge in [0.2, 0.25) is 17.6 Å². The number of alkyl halides is 2. The Labute approximate surface area is 183 Å². The molecule has 4 aromatic rings. The van der Waals surface area contributed by atoms with Crippen LogP contribution in [0.3, 0.4) is 0 Å². The first-order valence-electron chi connectivity index (χ1n) is 9.55. The maximum Gasteiger partial charge on any atom is 0.274 e. The molecule has 0 unspecified atom stereocenters. The van der Waals surface area contributed by atoms with Crippen molar-refractivity contribution in [2.75, 3.05) is 5.32 Å². The molecule has 0 atom stereocenters. The number of aryl methyl sites for hydroxylation is 1. The van der Waals surface area contributed by atoms with Crippen LogP contribution in [-0.4, -0.2) is 31.4 Å². The zero-order valence-corrected chi connectivity index (χ0v) is 17.9. The van der Waals surface area contributed by atoms with Crippen LogP contribution in [0.25, 0.3) is 17.0 Å². The summed E-state index contributed by atoms with van der Waals surface area (Å²) in [6.07, 6.45) is 2.72. The minimum Gasteiger partial charge on any atom is -0.339 e. The summed E-state index contributed by atoms with van der Waals surface area (Å²) in [4.78, 5) is 21.4. The van der Waals surface area contributed by atoms with Gasteiger partial charge in [-0.25, -0.2) is 13.8 Å². The van der Waals surface area contributed by atoms with E-state index in [1.54, 1.807) is 28.8 Å². The Morgan fingerprint density at radius 2 is 2.10 bits per heavy atom. The first-order valence-corrected chi connectivity index (χ1v) is 10.3. The van der Waals surface area contributed by atoms with Crippen LogP contribution >= 0.6 is 15.9 Å². The highest BCUT2D eigenvalue weighted by Crippen LogP contribution is 2.47. The molecule has 1 fully saturated rings. The lowest BCUT2D eigenvalue weighted by Gasteiger charge is -2.31. The predicted octanol–water partition coefficient (Wildman–Crippen LogP) is 5.22. The third-order valence-electron chi connectivity index (χ3n) is 5.33. The molecule has 0 spiro atoms. The number of amides is 1. The molecule has 31 heavy (non-hydrogen) atoms. The number of hydrogen-bond acceptors (Lipinski definition) is 5. The van der Waals surface area contributed by atoms with E-state index < -0.39 is 11.8 Å². The summed E-state index contributed by atoms with van der Waals surface area (Å²) in [7, 11) is 0. The number of carbonyl (C=O) groups is 1. The van der Waals surface area contributed by atoms with Crippen LogP contribution in [-0.2, 0) is 0 Å². The maximum absolute atomic E-state index is 13.1. The van der Waals surface area contributed by atoms with Gasteiger partial charge < -0.3 is 9.84 Å². The first kappa shape index (κ1) is 19.8. The van der Waals surface area contributed by atoms with Crippen LogP contribution < -0.4 is 5.32 Å². The summed E-state index contributed by atoms with van der Waals surface area (Å²) >= 11 is 3.40. The number of aromatic nitrogens is 4. The first-order chi connectivity index (χ1) is 14.8. The van der Waals surface area contributed by atoms with Crippen molar-refractivity contribution in [3.05, 3.63) is 64.3 Å². The fraction of sp³-hybridized carbons (Fsp3) is 0.238. The van der Waals surface area contributed by atoms with Gasteiger partial charge in [0.15, 0.2) is 0 Å². The molecule has 10 heteroatoms. The summed E-state index contributed by atoms with van der Waals surface area (Å²) in [5.74, 6) is -2.90. The molecular weight excluding hydrogens is 472 g/mol. The topological polar surface area (TPSA) is 85.3 Å². The van der Waals surface area contributed by atoms with Crippen molar-refractivity contribution in [2.45, 2.75) is 31.6 Å². The van der Waals surface area contributed by atoms with Gasteiger partial charge >= 0.3 is 0 Å². The average Bonchev–Trinajstić information content (AvgIpc) is 3.34. The fourth-order valence-corrected chi connectivity index (χ4v) is 3.90. The molecule has 7 nitrogen and oxygen atoms in total. The number of rotatable bonds is 4. The second-order valence-corrected chi connectivity index (χ2v) is 8.54. The zero-order valence-electron chi connectivity index (χ0n) is 16.3. The number of pyridine rings is 1. The summed E-state index contributed by atoms with van der Waals surface area (Å²) in [6, 6.07) is 9.00. The van der Waals surface area contributed by atoms with Crippen LogP contribution in [0.2, 0.25) is 0 Å². The second-order valence-electron chi connectivity index (χ2n) is 7.62. The van der Waals surface area contributed by atoms with Crippen molar-refractivity contribution in [3.8, 4) is 11.4 Å². The monoisotopic (exact) mass is 487 g/mol. The number of imidazole rings is 1. The van der Waals surface area contributed by atoms with Gasteiger partial charge in [-0.05, 0) is 46.6 Å². The number of halogens is 3. The Hall–Kier alpha value is -3.14. The van der Waals surface area contributed by atoms with Gasteiger partial charge in [-0.1, -0.05) is 17.3 Å². The van der Waals surface area contributed by atoms with E-state index in [9.17, 15) is 13.6 Å². The van der Waals surface area contributed by atoms with E-state index in [0.717, 1.165) is 10.0 Å².